The molecule has 0 aromatic carbocycles. The fourth-order valence-electron chi connectivity index (χ4n) is 2.37. The molecule has 1 aliphatic heterocycles. The van der Waals surface area contributed by atoms with Gasteiger partial charge in [-0.2, -0.15) is 0 Å². The number of nitrogens with one attached hydrogen (secondary N) is 1. The van der Waals surface area contributed by atoms with Gasteiger partial charge in [0, 0.05) is 31.7 Å². The van der Waals surface area contributed by atoms with E-state index in [-0.39, 0.29) is 0 Å². The van der Waals surface area contributed by atoms with E-state index < -0.39 is 11.4 Å². The Morgan fingerprint density at radius 1 is 1.41 bits per heavy atom. The molecule has 4 nitrogen and oxygen atoms in total. The van der Waals surface area contributed by atoms with Crippen LogP contribution in [-0.2, 0) is 4.79 Å². The zero-order valence-corrected chi connectivity index (χ0v) is 11.5. The van der Waals surface area contributed by atoms with E-state index in [9.17, 15) is 9.90 Å². The van der Waals surface area contributed by atoms with Gasteiger partial charge in [-0.05, 0) is 26.7 Å². The van der Waals surface area contributed by atoms with Crippen molar-refractivity contribution in [2.45, 2.75) is 52.6 Å². The number of carbonyl (C=O) groups is 1. The van der Waals surface area contributed by atoms with Gasteiger partial charge in [-0.15, -0.1) is 0 Å². The zero-order chi connectivity index (χ0) is 13.1. The molecule has 2 unspecified atom stereocenters. The van der Waals surface area contributed by atoms with Crippen molar-refractivity contribution in [2.24, 2.45) is 5.41 Å². The van der Waals surface area contributed by atoms with Crippen molar-refractivity contribution in [1.29, 1.82) is 0 Å². The van der Waals surface area contributed by atoms with Gasteiger partial charge >= 0.3 is 5.97 Å². The molecule has 4 heteroatoms. The number of rotatable bonds is 5. The number of carboxylic acids is 1. The van der Waals surface area contributed by atoms with Crippen LogP contribution in [0, 0.1) is 5.41 Å². The molecule has 1 fully saturated rings. The first-order chi connectivity index (χ1) is 7.90. The molecule has 0 radical (unpaired) electrons. The number of nitrogens with zero attached hydrogens (tertiary/aromatic N) is 1. The summed E-state index contributed by atoms with van der Waals surface area (Å²) < 4.78 is 0. The van der Waals surface area contributed by atoms with E-state index in [1.807, 2.05) is 13.8 Å². The summed E-state index contributed by atoms with van der Waals surface area (Å²) in [5.74, 6) is -0.709. The van der Waals surface area contributed by atoms with Crippen LogP contribution in [0.1, 0.15) is 40.5 Å². The fraction of sp³-hybridized carbons (Fsp3) is 0.923. The summed E-state index contributed by atoms with van der Waals surface area (Å²) in [5, 5.41) is 12.7. The molecule has 1 rings (SSSR count). The van der Waals surface area contributed by atoms with E-state index in [4.69, 9.17) is 0 Å². The summed E-state index contributed by atoms with van der Waals surface area (Å²) in [5.41, 5.74) is -0.664. The van der Waals surface area contributed by atoms with Crippen molar-refractivity contribution < 1.29 is 9.90 Å². The second kappa shape index (κ2) is 5.83. The van der Waals surface area contributed by atoms with E-state index in [0.717, 1.165) is 25.9 Å². The monoisotopic (exact) mass is 242 g/mol. The molecule has 0 amide bonds. The third-order valence-corrected chi connectivity index (χ3v) is 3.75. The number of hydrogen-bond acceptors (Lipinski definition) is 3. The Kier molecular flexibility index (Phi) is 4.95. The van der Waals surface area contributed by atoms with Crippen molar-refractivity contribution in [3.05, 3.63) is 0 Å². The molecule has 0 aliphatic carbocycles. The molecule has 2 atom stereocenters. The Hall–Kier alpha value is -0.610. The van der Waals surface area contributed by atoms with Gasteiger partial charge in [-0.3, -0.25) is 9.69 Å². The van der Waals surface area contributed by atoms with E-state index in [1.165, 1.54) is 0 Å². The number of piperazine rings is 1. The third kappa shape index (κ3) is 3.68. The molecular formula is C13H26N2O2. The van der Waals surface area contributed by atoms with Gasteiger partial charge in [0.05, 0.1) is 5.41 Å². The van der Waals surface area contributed by atoms with Gasteiger partial charge in [0.1, 0.15) is 0 Å². The highest BCUT2D eigenvalue weighted by atomic mass is 16.4. The fourth-order valence-corrected chi connectivity index (χ4v) is 2.37. The SMILES string of the molecule is CCC1CN(CC(C)(C)C(=O)O)C(CC)CN1. The summed E-state index contributed by atoms with van der Waals surface area (Å²) in [6.07, 6.45) is 2.17. The van der Waals surface area contributed by atoms with Crippen LogP contribution in [0.4, 0.5) is 0 Å². The van der Waals surface area contributed by atoms with E-state index in [2.05, 4.69) is 24.1 Å². The maximum absolute atomic E-state index is 11.2. The van der Waals surface area contributed by atoms with Crippen molar-refractivity contribution in [2.75, 3.05) is 19.6 Å². The largest absolute Gasteiger partial charge is 0.481 e. The first kappa shape index (κ1) is 14.5. The molecular weight excluding hydrogens is 216 g/mol. The molecule has 1 aliphatic rings. The molecule has 0 spiro atoms. The molecule has 1 saturated heterocycles. The summed E-state index contributed by atoms with van der Waals surface area (Å²) in [6, 6.07) is 0.971. The maximum atomic E-state index is 11.2. The first-order valence-corrected chi connectivity index (χ1v) is 6.61. The van der Waals surface area contributed by atoms with Crippen LogP contribution in [0.3, 0.4) is 0 Å². The molecule has 0 aromatic heterocycles. The normalized spacial score (nSPS) is 27.1. The lowest BCUT2D eigenvalue weighted by Gasteiger charge is -2.42. The predicted octanol–water partition coefficient (Wildman–Crippen LogP) is 1.56. The lowest BCUT2D eigenvalue weighted by atomic mass is 9.91. The summed E-state index contributed by atoms with van der Waals surface area (Å²) in [6.45, 7) is 10.5. The van der Waals surface area contributed by atoms with Crippen molar-refractivity contribution in [3.63, 3.8) is 0 Å². The van der Waals surface area contributed by atoms with Crippen LogP contribution in [0.15, 0.2) is 0 Å². The number of aliphatic carboxylic acids is 1. The summed E-state index contributed by atoms with van der Waals surface area (Å²) >= 11 is 0. The molecule has 2 N–H and O–H groups in total. The standard InChI is InChI=1S/C13H26N2O2/c1-5-10-8-15(11(6-2)7-14-10)9-13(3,4)12(16)17/h10-11,14H,5-9H2,1-4H3,(H,16,17). The maximum Gasteiger partial charge on any atom is 0.310 e. The van der Waals surface area contributed by atoms with Gasteiger partial charge < -0.3 is 10.4 Å². The van der Waals surface area contributed by atoms with Gasteiger partial charge in [0.2, 0.25) is 0 Å². The topological polar surface area (TPSA) is 52.6 Å². The minimum absolute atomic E-state index is 0.469. The molecule has 1 heterocycles. The van der Waals surface area contributed by atoms with Crippen molar-refractivity contribution in [1.82, 2.24) is 10.2 Å². The first-order valence-electron chi connectivity index (χ1n) is 6.61. The second-order valence-corrected chi connectivity index (χ2v) is 5.69. The highest BCUT2D eigenvalue weighted by Crippen LogP contribution is 2.22. The highest BCUT2D eigenvalue weighted by molar-refractivity contribution is 5.73. The zero-order valence-electron chi connectivity index (χ0n) is 11.5. The van der Waals surface area contributed by atoms with Crippen molar-refractivity contribution in [3.8, 4) is 0 Å². The smallest absolute Gasteiger partial charge is 0.310 e. The van der Waals surface area contributed by atoms with Gasteiger partial charge in [0.15, 0.2) is 0 Å². The van der Waals surface area contributed by atoms with E-state index in [1.54, 1.807) is 0 Å². The second-order valence-electron chi connectivity index (χ2n) is 5.69. The van der Waals surface area contributed by atoms with E-state index in [0.29, 0.717) is 18.6 Å². The quantitative estimate of drug-likeness (QED) is 0.768. The third-order valence-electron chi connectivity index (χ3n) is 3.75. The Morgan fingerprint density at radius 2 is 2.06 bits per heavy atom. The van der Waals surface area contributed by atoms with Crippen LogP contribution in [0.5, 0.6) is 0 Å². The van der Waals surface area contributed by atoms with Crippen LogP contribution < -0.4 is 5.32 Å². The molecule has 0 aromatic rings. The molecule has 17 heavy (non-hydrogen) atoms. The van der Waals surface area contributed by atoms with Crippen LogP contribution in [-0.4, -0.2) is 47.7 Å². The minimum Gasteiger partial charge on any atom is -0.481 e. The summed E-state index contributed by atoms with van der Waals surface area (Å²) in [4.78, 5) is 13.5. The lowest BCUT2D eigenvalue weighted by molar-refractivity contribution is -0.148. The van der Waals surface area contributed by atoms with Gasteiger partial charge in [-0.1, -0.05) is 13.8 Å². The minimum atomic E-state index is -0.709. The van der Waals surface area contributed by atoms with Gasteiger partial charge in [-0.25, -0.2) is 0 Å². The Labute approximate surface area is 104 Å². The van der Waals surface area contributed by atoms with Gasteiger partial charge in [0.25, 0.3) is 0 Å². The molecule has 100 valence electrons. The Balaban J connectivity index is 2.67. The highest BCUT2D eigenvalue weighted by Gasteiger charge is 2.34. The molecule has 0 bridgehead atoms. The lowest BCUT2D eigenvalue weighted by Crippen LogP contribution is -2.58. The summed E-state index contributed by atoms with van der Waals surface area (Å²) in [7, 11) is 0. The van der Waals surface area contributed by atoms with Crippen LogP contribution in [0.25, 0.3) is 0 Å². The van der Waals surface area contributed by atoms with Crippen LogP contribution >= 0.6 is 0 Å². The van der Waals surface area contributed by atoms with E-state index >= 15 is 0 Å². The Morgan fingerprint density at radius 3 is 2.53 bits per heavy atom. The van der Waals surface area contributed by atoms with Crippen molar-refractivity contribution >= 4 is 5.97 Å². The number of carboxylic acid groups (broad SMARTS) is 1. The van der Waals surface area contributed by atoms with Crippen LogP contribution in [0.2, 0.25) is 0 Å². The predicted molar refractivity (Wildman–Crippen MR) is 69.2 cm³/mol. The number of hydrogen-bond donors (Lipinski definition) is 2. The molecule has 0 saturated carbocycles. The average Bonchev–Trinajstić information content (AvgIpc) is 2.28. The average molecular weight is 242 g/mol. The Bertz CT molecular complexity index is 266.